The normalized spacial score (nSPS) is 20.6. The van der Waals surface area contributed by atoms with Crippen molar-refractivity contribution < 1.29 is 9.31 Å². The Morgan fingerprint density at radius 1 is 1.16 bits per heavy atom. The van der Waals surface area contributed by atoms with Gasteiger partial charge in [0.25, 0.3) is 0 Å². The maximum atomic E-state index is 5.98. The second kappa shape index (κ2) is 4.76. The van der Waals surface area contributed by atoms with E-state index in [0.717, 1.165) is 18.0 Å². The van der Waals surface area contributed by atoms with Gasteiger partial charge in [0.1, 0.15) is 5.82 Å². The SMILES string of the molecule is CCN(C)c1cncc(B2OC(C)(C)C(C)(C)O2)n1. The summed E-state index contributed by atoms with van der Waals surface area (Å²) in [7, 11) is 1.53. The third-order valence-electron chi connectivity index (χ3n) is 4.00. The molecule has 0 aliphatic carbocycles. The fourth-order valence-electron chi connectivity index (χ4n) is 1.79. The van der Waals surface area contributed by atoms with E-state index in [9.17, 15) is 0 Å². The molecular weight excluding hydrogens is 241 g/mol. The molecule has 0 N–H and O–H groups in total. The minimum atomic E-state index is -0.456. The first-order valence-corrected chi connectivity index (χ1v) is 6.65. The van der Waals surface area contributed by atoms with Gasteiger partial charge in [0.05, 0.1) is 23.0 Å². The highest BCUT2D eigenvalue weighted by Gasteiger charge is 2.52. The van der Waals surface area contributed by atoms with E-state index in [4.69, 9.17) is 9.31 Å². The molecule has 1 aliphatic heterocycles. The topological polar surface area (TPSA) is 47.5 Å². The van der Waals surface area contributed by atoms with Crippen LogP contribution in [0.25, 0.3) is 0 Å². The molecule has 0 saturated carbocycles. The predicted molar refractivity (Wildman–Crippen MR) is 76.7 cm³/mol. The van der Waals surface area contributed by atoms with Gasteiger partial charge in [-0.25, -0.2) is 4.98 Å². The lowest BCUT2D eigenvalue weighted by atomic mass is 9.85. The van der Waals surface area contributed by atoms with E-state index in [1.165, 1.54) is 0 Å². The van der Waals surface area contributed by atoms with Gasteiger partial charge in [-0.15, -0.1) is 0 Å². The quantitative estimate of drug-likeness (QED) is 0.768. The van der Waals surface area contributed by atoms with Gasteiger partial charge in [-0.05, 0) is 34.6 Å². The van der Waals surface area contributed by atoms with Crippen LogP contribution in [0.3, 0.4) is 0 Å². The largest absolute Gasteiger partial charge is 0.516 e. The van der Waals surface area contributed by atoms with Crippen LogP contribution < -0.4 is 10.5 Å². The van der Waals surface area contributed by atoms with Crippen molar-refractivity contribution in [1.29, 1.82) is 0 Å². The molecule has 104 valence electrons. The van der Waals surface area contributed by atoms with Crippen LogP contribution in [-0.2, 0) is 9.31 Å². The summed E-state index contributed by atoms with van der Waals surface area (Å²) >= 11 is 0. The van der Waals surface area contributed by atoms with E-state index in [2.05, 4.69) is 16.9 Å². The van der Waals surface area contributed by atoms with Gasteiger partial charge in [0, 0.05) is 19.8 Å². The molecule has 1 saturated heterocycles. The summed E-state index contributed by atoms with van der Waals surface area (Å²) in [6.45, 7) is 11.1. The molecule has 5 nitrogen and oxygen atoms in total. The first kappa shape index (κ1) is 14.3. The first-order valence-electron chi connectivity index (χ1n) is 6.65. The average molecular weight is 263 g/mol. The van der Waals surface area contributed by atoms with E-state index in [-0.39, 0.29) is 11.2 Å². The number of hydrogen-bond donors (Lipinski definition) is 0. The van der Waals surface area contributed by atoms with Crippen LogP contribution in [0.4, 0.5) is 5.82 Å². The average Bonchev–Trinajstić information content (AvgIpc) is 2.58. The van der Waals surface area contributed by atoms with Crippen molar-refractivity contribution in [1.82, 2.24) is 9.97 Å². The summed E-state index contributed by atoms with van der Waals surface area (Å²) in [5.74, 6) is 0.828. The van der Waals surface area contributed by atoms with E-state index < -0.39 is 7.12 Å². The fraction of sp³-hybridized carbons (Fsp3) is 0.692. The number of hydrogen-bond acceptors (Lipinski definition) is 5. The summed E-state index contributed by atoms with van der Waals surface area (Å²) in [6.07, 6.45) is 3.45. The smallest absolute Gasteiger partial charge is 0.398 e. The highest BCUT2D eigenvalue weighted by atomic mass is 16.7. The Morgan fingerprint density at radius 2 is 1.74 bits per heavy atom. The molecule has 0 amide bonds. The van der Waals surface area contributed by atoms with Crippen molar-refractivity contribution >= 4 is 18.5 Å². The van der Waals surface area contributed by atoms with Crippen molar-refractivity contribution in [2.24, 2.45) is 0 Å². The third-order valence-corrected chi connectivity index (χ3v) is 4.00. The van der Waals surface area contributed by atoms with Crippen molar-refractivity contribution in [3.63, 3.8) is 0 Å². The van der Waals surface area contributed by atoms with E-state index >= 15 is 0 Å². The second-order valence-corrected chi connectivity index (χ2v) is 5.90. The molecule has 0 unspecified atom stereocenters. The molecule has 0 spiro atoms. The van der Waals surface area contributed by atoms with Crippen LogP contribution in [0, 0.1) is 0 Å². The van der Waals surface area contributed by atoms with Crippen molar-refractivity contribution in [2.45, 2.75) is 45.8 Å². The van der Waals surface area contributed by atoms with Crippen LogP contribution in [0.2, 0.25) is 0 Å². The molecule has 1 fully saturated rings. The molecule has 2 heterocycles. The Kier molecular flexibility index (Phi) is 3.58. The molecule has 0 bridgehead atoms. The summed E-state index contributed by atoms with van der Waals surface area (Å²) in [5.41, 5.74) is 0.00864. The van der Waals surface area contributed by atoms with E-state index in [1.807, 2.05) is 39.6 Å². The minimum absolute atomic E-state index is 0.355. The van der Waals surface area contributed by atoms with Crippen LogP contribution in [0.5, 0.6) is 0 Å². The standard InChI is InChI=1S/C13H22BN3O2/c1-7-17(6)11-9-15-8-10(16-11)14-18-12(2,3)13(4,5)19-14/h8-9H,7H2,1-6H3. The van der Waals surface area contributed by atoms with Gasteiger partial charge in [-0.3, -0.25) is 4.98 Å². The van der Waals surface area contributed by atoms with Gasteiger partial charge in [0.2, 0.25) is 0 Å². The maximum absolute atomic E-state index is 5.98. The Bertz CT molecular complexity index is 449. The lowest BCUT2D eigenvalue weighted by Gasteiger charge is -2.32. The lowest BCUT2D eigenvalue weighted by Crippen LogP contribution is -2.41. The Labute approximate surface area is 115 Å². The van der Waals surface area contributed by atoms with Gasteiger partial charge in [-0.2, -0.15) is 0 Å². The second-order valence-electron chi connectivity index (χ2n) is 5.90. The van der Waals surface area contributed by atoms with Gasteiger partial charge in [0.15, 0.2) is 0 Å². The molecule has 1 aromatic heterocycles. The first-order chi connectivity index (χ1) is 8.77. The summed E-state index contributed by atoms with van der Waals surface area (Å²) in [4.78, 5) is 10.8. The van der Waals surface area contributed by atoms with Gasteiger partial charge >= 0.3 is 7.12 Å². The number of rotatable bonds is 3. The Balaban J connectivity index is 2.25. The third kappa shape index (κ3) is 2.60. The predicted octanol–water partition coefficient (Wildman–Crippen LogP) is 1.23. The fourth-order valence-corrected chi connectivity index (χ4v) is 1.79. The number of aromatic nitrogens is 2. The van der Waals surface area contributed by atoms with E-state index in [0.29, 0.717) is 0 Å². The number of anilines is 1. The highest BCUT2D eigenvalue weighted by Crippen LogP contribution is 2.36. The Morgan fingerprint density at radius 3 is 2.26 bits per heavy atom. The van der Waals surface area contributed by atoms with Crippen LogP contribution in [-0.4, -0.2) is 41.9 Å². The molecule has 6 heteroatoms. The zero-order chi connectivity index (χ0) is 14.3. The minimum Gasteiger partial charge on any atom is -0.398 e. The molecule has 1 aromatic rings. The van der Waals surface area contributed by atoms with Crippen LogP contribution in [0.1, 0.15) is 34.6 Å². The molecule has 2 rings (SSSR count). The molecule has 0 aromatic carbocycles. The molecular formula is C13H22BN3O2. The summed E-state index contributed by atoms with van der Waals surface area (Å²) < 4.78 is 12.0. The van der Waals surface area contributed by atoms with Gasteiger partial charge < -0.3 is 14.2 Å². The Hall–Kier alpha value is -1.14. The molecule has 0 radical (unpaired) electrons. The van der Waals surface area contributed by atoms with Crippen LogP contribution >= 0.6 is 0 Å². The van der Waals surface area contributed by atoms with Crippen LogP contribution in [0.15, 0.2) is 12.4 Å². The number of nitrogens with zero attached hydrogens (tertiary/aromatic N) is 3. The highest BCUT2D eigenvalue weighted by molar-refractivity contribution is 6.61. The van der Waals surface area contributed by atoms with Crippen molar-refractivity contribution in [2.75, 3.05) is 18.5 Å². The monoisotopic (exact) mass is 263 g/mol. The molecule has 0 atom stereocenters. The lowest BCUT2D eigenvalue weighted by molar-refractivity contribution is 0.00578. The van der Waals surface area contributed by atoms with Crippen molar-refractivity contribution in [3.8, 4) is 0 Å². The van der Waals surface area contributed by atoms with Gasteiger partial charge in [-0.1, -0.05) is 0 Å². The maximum Gasteiger partial charge on any atom is 0.516 e. The summed E-state index contributed by atoms with van der Waals surface area (Å²) in [5, 5.41) is 0. The zero-order valence-corrected chi connectivity index (χ0v) is 12.6. The summed E-state index contributed by atoms with van der Waals surface area (Å²) in [6, 6.07) is 0. The molecule has 1 aliphatic rings. The molecule has 19 heavy (non-hydrogen) atoms. The van der Waals surface area contributed by atoms with E-state index in [1.54, 1.807) is 12.4 Å². The zero-order valence-electron chi connectivity index (χ0n) is 12.6. The van der Waals surface area contributed by atoms with Crippen molar-refractivity contribution in [3.05, 3.63) is 12.4 Å².